The maximum atomic E-state index is 5.09. The van der Waals surface area contributed by atoms with Crippen molar-refractivity contribution < 1.29 is 0 Å². The van der Waals surface area contributed by atoms with E-state index >= 15 is 0 Å². The number of rotatable bonds is 9. The Morgan fingerprint density at radius 3 is 0.925 bits per heavy atom. The molecule has 3 aromatic heterocycles. The van der Waals surface area contributed by atoms with E-state index in [0.717, 1.165) is 77.6 Å². The molecule has 0 amide bonds. The summed E-state index contributed by atoms with van der Waals surface area (Å²) in [4.78, 5) is 30.1. The first-order valence-electron chi connectivity index (χ1n) is 22.3. The van der Waals surface area contributed by atoms with Gasteiger partial charge in [0.25, 0.3) is 0 Å². The van der Waals surface area contributed by atoms with Gasteiger partial charge in [0, 0.05) is 49.8 Å². The highest BCUT2D eigenvalue weighted by Gasteiger charge is 2.19. The minimum Gasteiger partial charge on any atom is -0.309 e. The summed E-state index contributed by atoms with van der Waals surface area (Å²) in [5.74, 6) is 3.72. The van der Waals surface area contributed by atoms with Gasteiger partial charge in [0.05, 0.1) is 11.0 Å². The number of fused-ring (bicyclic) bond motifs is 3. The zero-order valence-corrected chi connectivity index (χ0v) is 36.1. The average molecular weight is 858 g/mol. The van der Waals surface area contributed by atoms with Crippen molar-refractivity contribution in [3.63, 3.8) is 0 Å². The van der Waals surface area contributed by atoms with Crippen LogP contribution in [0.4, 0.5) is 0 Å². The van der Waals surface area contributed by atoms with Crippen LogP contribution in [0.15, 0.2) is 237 Å². The molecule has 0 aliphatic carbocycles. The second kappa shape index (κ2) is 17.1. The number of aromatic nitrogens is 7. The quantitative estimate of drug-likeness (QED) is 0.144. The molecule has 0 saturated heterocycles. The van der Waals surface area contributed by atoms with Crippen molar-refractivity contribution in [2.75, 3.05) is 0 Å². The van der Waals surface area contributed by atoms with Crippen LogP contribution in [0, 0.1) is 0 Å². The Morgan fingerprint density at radius 1 is 0.209 bits per heavy atom. The zero-order valence-electron chi connectivity index (χ0n) is 36.1. The number of hydrogen-bond acceptors (Lipinski definition) is 6. The van der Waals surface area contributed by atoms with E-state index in [1.807, 2.05) is 127 Å². The van der Waals surface area contributed by atoms with E-state index in [0.29, 0.717) is 34.9 Å². The third-order valence-corrected chi connectivity index (χ3v) is 12.1. The Balaban J connectivity index is 1.02. The molecule has 314 valence electrons. The van der Waals surface area contributed by atoms with Gasteiger partial charge in [-0.2, -0.15) is 0 Å². The van der Waals surface area contributed by atoms with Gasteiger partial charge < -0.3 is 4.57 Å². The Hall–Kier alpha value is -9.20. The lowest BCUT2D eigenvalue weighted by Gasteiger charge is -2.12. The highest BCUT2D eigenvalue weighted by atomic mass is 15.0. The summed E-state index contributed by atoms with van der Waals surface area (Å²) in [6, 6.07) is 81.4. The molecule has 0 N–H and O–H groups in total. The van der Waals surface area contributed by atoms with Crippen molar-refractivity contribution >= 4 is 21.8 Å². The Kier molecular flexibility index (Phi) is 10.0. The lowest BCUT2D eigenvalue weighted by atomic mass is 10.0. The fourth-order valence-corrected chi connectivity index (χ4v) is 8.76. The summed E-state index contributed by atoms with van der Waals surface area (Å²) in [5, 5.41) is 2.26. The molecule has 0 atom stereocenters. The Bertz CT molecular complexity index is 3590. The van der Waals surface area contributed by atoms with Crippen LogP contribution >= 0.6 is 0 Å². The molecule has 67 heavy (non-hydrogen) atoms. The van der Waals surface area contributed by atoms with Crippen molar-refractivity contribution in [3.05, 3.63) is 237 Å². The molecule has 12 aromatic rings. The summed E-state index contributed by atoms with van der Waals surface area (Å²) in [6.07, 6.45) is 0. The fourth-order valence-electron chi connectivity index (χ4n) is 8.76. The Morgan fingerprint density at radius 2 is 0.493 bits per heavy atom. The molecular weight excluding hydrogens is 819 g/mol. The van der Waals surface area contributed by atoms with Gasteiger partial charge in [-0.25, -0.2) is 29.9 Å². The van der Waals surface area contributed by atoms with Crippen molar-refractivity contribution in [2.45, 2.75) is 0 Å². The molecule has 7 nitrogen and oxygen atoms in total. The maximum absolute atomic E-state index is 5.09. The molecule has 0 saturated carbocycles. The molecule has 0 unspecified atom stereocenters. The molecule has 0 fully saturated rings. The highest BCUT2D eigenvalue weighted by Crippen LogP contribution is 2.38. The summed E-state index contributed by atoms with van der Waals surface area (Å²) in [7, 11) is 0. The molecule has 0 aliphatic heterocycles. The van der Waals surface area contributed by atoms with Gasteiger partial charge in [-0.1, -0.05) is 206 Å². The minimum atomic E-state index is 0.604. The van der Waals surface area contributed by atoms with E-state index in [9.17, 15) is 0 Å². The predicted molar refractivity (Wildman–Crippen MR) is 271 cm³/mol. The summed E-state index contributed by atoms with van der Waals surface area (Å²) in [5.41, 5.74) is 13.1. The normalized spacial score (nSPS) is 11.3. The predicted octanol–water partition coefficient (Wildman–Crippen LogP) is 14.5. The van der Waals surface area contributed by atoms with Crippen molar-refractivity contribution in [3.8, 4) is 96.3 Å². The highest BCUT2D eigenvalue weighted by molar-refractivity contribution is 6.11. The van der Waals surface area contributed by atoms with Gasteiger partial charge in [0.15, 0.2) is 34.9 Å². The van der Waals surface area contributed by atoms with Crippen LogP contribution in [-0.4, -0.2) is 34.5 Å². The van der Waals surface area contributed by atoms with Crippen LogP contribution in [-0.2, 0) is 0 Å². The largest absolute Gasteiger partial charge is 0.309 e. The molecule has 0 bridgehead atoms. The average Bonchev–Trinajstić information content (AvgIpc) is 3.75. The minimum absolute atomic E-state index is 0.604. The van der Waals surface area contributed by atoms with Crippen molar-refractivity contribution in [2.24, 2.45) is 0 Å². The van der Waals surface area contributed by atoms with Gasteiger partial charge in [0.1, 0.15) is 0 Å². The maximum Gasteiger partial charge on any atom is 0.164 e. The van der Waals surface area contributed by atoms with E-state index in [1.165, 1.54) is 5.56 Å². The van der Waals surface area contributed by atoms with Gasteiger partial charge >= 0.3 is 0 Å². The molecule has 3 heterocycles. The first kappa shape index (κ1) is 39.4. The zero-order chi connectivity index (χ0) is 44.5. The lowest BCUT2D eigenvalue weighted by Crippen LogP contribution is -2.00. The van der Waals surface area contributed by atoms with E-state index in [-0.39, 0.29) is 0 Å². The van der Waals surface area contributed by atoms with Gasteiger partial charge in [0.2, 0.25) is 0 Å². The van der Waals surface area contributed by atoms with E-state index in [2.05, 4.69) is 114 Å². The third-order valence-electron chi connectivity index (χ3n) is 12.1. The smallest absolute Gasteiger partial charge is 0.164 e. The first-order valence-corrected chi connectivity index (χ1v) is 22.3. The summed E-state index contributed by atoms with van der Waals surface area (Å²) < 4.78 is 2.36. The van der Waals surface area contributed by atoms with E-state index in [4.69, 9.17) is 29.9 Å². The molecule has 0 radical (unpaired) electrons. The summed E-state index contributed by atoms with van der Waals surface area (Å²) >= 11 is 0. The van der Waals surface area contributed by atoms with Crippen molar-refractivity contribution in [1.82, 2.24) is 34.5 Å². The van der Waals surface area contributed by atoms with E-state index < -0.39 is 0 Å². The SMILES string of the molecule is c1ccc(-c2ccc(-n3c4cc(-c5cccc(-c6nc(-c7ccccc7)nc(-c7ccccc7)n6)c5)ccc4c4ccc(-c5nc(-c6ccccc6)nc(-c6ccccc6)n5)cc43)cc2)cc1. The van der Waals surface area contributed by atoms with Gasteiger partial charge in [-0.05, 0) is 52.6 Å². The van der Waals surface area contributed by atoms with Crippen LogP contribution in [0.3, 0.4) is 0 Å². The second-order valence-corrected chi connectivity index (χ2v) is 16.4. The third kappa shape index (κ3) is 7.70. The second-order valence-electron chi connectivity index (χ2n) is 16.4. The van der Waals surface area contributed by atoms with Gasteiger partial charge in [-0.3, -0.25) is 0 Å². The molecule has 9 aromatic carbocycles. The standard InChI is InChI=1S/C60H39N7/c1-6-17-40(18-7-1)41-29-33-50(34-30-41)67-53-38-47(46-27-16-28-48(37-46)59-63-55(42-19-8-2-9-20-42)61-56(64-59)43-21-10-3-11-22-43)31-35-51(53)52-36-32-49(39-54(52)67)60-65-57(44-23-12-4-13-24-44)62-58(66-60)45-25-14-5-15-26-45/h1-39H. The van der Waals surface area contributed by atoms with Gasteiger partial charge in [-0.15, -0.1) is 0 Å². The van der Waals surface area contributed by atoms with Crippen LogP contribution in [0.1, 0.15) is 0 Å². The molecule has 0 aliphatic rings. The topological polar surface area (TPSA) is 82.3 Å². The number of nitrogens with zero attached hydrogens (tertiary/aromatic N) is 7. The molecule has 12 rings (SSSR count). The fraction of sp³-hybridized carbons (Fsp3) is 0. The van der Waals surface area contributed by atoms with Crippen molar-refractivity contribution in [1.29, 1.82) is 0 Å². The number of hydrogen-bond donors (Lipinski definition) is 0. The van der Waals surface area contributed by atoms with Crippen LogP contribution in [0.5, 0.6) is 0 Å². The van der Waals surface area contributed by atoms with Crippen LogP contribution in [0.25, 0.3) is 118 Å². The number of benzene rings is 9. The summed E-state index contributed by atoms with van der Waals surface area (Å²) in [6.45, 7) is 0. The molecule has 7 heteroatoms. The lowest BCUT2D eigenvalue weighted by molar-refractivity contribution is 1.07. The molecular formula is C60H39N7. The first-order chi connectivity index (χ1) is 33.2. The Labute approximate surface area is 387 Å². The molecule has 0 spiro atoms. The monoisotopic (exact) mass is 857 g/mol. The van der Waals surface area contributed by atoms with Crippen LogP contribution in [0.2, 0.25) is 0 Å². The van der Waals surface area contributed by atoms with Crippen LogP contribution < -0.4 is 0 Å². The van der Waals surface area contributed by atoms with E-state index in [1.54, 1.807) is 0 Å².